The van der Waals surface area contributed by atoms with Crippen molar-refractivity contribution >= 4 is 17.5 Å². The Morgan fingerprint density at radius 3 is 2.09 bits per heavy atom. The molecule has 0 atom stereocenters. The predicted octanol–water partition coefficient (Wildman–Crippen LogP) is 4.41. The Labute approximate surface area is 183 Å². The summed E-state index contributed by atoms with van der Waals surface area (Å²) in [5, 5.41) is 2.83. The van der Waals surface area contributed by atoms with Crippen LogP contribution < -0.4 is 20.5 Å². The molecule has 32 heavy (non-hydrogen) atoms. The number of nitrogens with zero attached hydrogens (tertiary/aromatic N) is 2. The summed E-state index contributed by atoms with van der Waals surface area (Å²) in [6.07, 6.45) is 4.59. The second-order valence-electron chi connectivity index (χ2n) is 6.64. The molecular weight excluding hydrogens is 408 g/mol. The van der Waals surface area contributed by atoms with Gasteiger partial charge < -0.3 is 20.5 Å². The van der Waals surface area contributed by atoms with Crippen LogP contribution in [0.5, 0.6) is 23.1 Å². The third-order valence-electron chi connectivity index (χ3n) is 4.34. The first-order valence-electron chi connectivity index (χ1n) is 9.60. The number of carbonyl (C=O) groups is 2. The molecule has 0 fully saturated rings. The van der Waals surface area contributed by atoms with Crippen LogP contribution in [0.1, 0.15) is 20.7 Å². The largest absolute Gasteiger partial charge is 0.457 e. The third kappa shape index (κ3) is 5.25. The average Bonchev–Trinajstić information content (AvgIpc) is 2.81. The number of primary amides is 1. The van der Waals surface area contributed by atoms with E-state index in [1.165, 1.54) is 12.4 Å². The van der Waals surface area contributed by atoms with Gasteiger partial charge in [0.1, 0.15) is 17.2 Å². The Balaban J connectivity index is 1.38. The molecular formula is C24H18N4O4. The Morgan fingerprint density at radius 1 is 0.781 bits per heavy atom. The monoisotopic (exact) mass is 426 g/mol. The fourth-order valence-electron chi connectivity index (χ4n) is 2.80. The first kappa shape index (κ1) is 20.5. The molecule has 3 aromatic carbocycles. The number of hydrogen-bond acceptors (Lipinski definition) is 6. The summed E-state index contributed by atoms with van der Waals surface area (Å²) in [5.74, 6) is 1.20. The number of nitrogens with one attached hydrogen (secondary N) is 1. The zero-order valence-electron chi connectivity index (χ0n) is 16.8. The lowest BCUT2D eigenvalue weighted by atomic mass is 10.2. The number of amides is 2. The summed E-state index contributed by atoms with van der Waals surface area (Å²) in [7, 11) is 0. The first-order valence-corrected chi connectivity index (χ1v) is 9.60. The Hall–Kier alpha value is -4.72. The zero-order valence-corrected chi connectivity index (χ0v) is 16.8. The van der Waals surface area contributed by atoms with Gasteiger partial charge in [-0.15, -0.1) is 0 Å². The molecule has 0 unspecified atom stereocenters. The minimum absolute atomic E-state index is 0.279. The Morgan fingerprint density at radius 2 is 1.47 bits per heavy atom. The average molecular weight is 426 g/mol. The molecule has 4 rings (SSSR count). The van der Waals surface area contributed by atoms with E-state index in [9.17, 15) is 9.59 Å². The van der Waals surface area contributed by atoms with Crippen LogP contribution >= 0.6 is 0 Å². The molecule has 0 aliphatic heterocycles. The molecule has 0 radical (unpaired) electrons. The lowest BCUT2D eigenvalue weighted by Gasteiger charge is -2.09. The van der Waals surface area contributed by atoms with Crippen LogP contribution in [0, 0.1) is 0 Å². The van der Waals surface area contributed by atoms with Gasteiger partial charge in [0.05, 0.1) is 6.20 Å². The topological polar surface area (TPSA) is 116 Å². The van der Waals surface area contributed by atoms with Crippen molar-refractivity contribution in [3.05, 3.63) is 103 Å². The maximum absolute atomic E-state index is 12.6. The molecule has 0 saturated heterocycles. The SMILES string of the molecule is NC(=O)c1ccc(Oc2ccc(C(=O)Nc3cccc(Oc4cnccn4)c3)cc2)cc1. The van der Waals surface area contributed by atoms with Gasteiger partial charge in [-0.1, -0.05) is 6.07 Å². The maximum Gasteiger partial charge on any atom is 0.255 e. The van der Waals surface area contributed by atoms with Crippen molar-refractivity contribution in [2.75, 3.05) is 5.32 Å². The Bertz CT molecular complexity index is 1230. The quantitative estimate of drug-likeness (QED) is 0.452. The molecule has 0 saturated carbocycles. The lowest BCUT2D eigenvalue weighted by Crippen LogP contribution is -2.11. The van der Waals surface area contributed by atoms with E-state index in [1.54, 1.807) is 79.0 Å². The van der Waals surface area contributed by atoms with Crippen molar-refractivity contribution in [2.45, 2.75) is 0 Å². The van der Waals surface area contributed by atoms with Crippen molar-refractivity contribution < 1.29 is 19.1 Å². The van der Waals surface area contributed by atoms with Gasteiger partial charge >= 0.3 is 0 Å². The second kappa shape index (κ2) is 9.40. The summed E-state index contributed by atoms with van der Waals surface area (Å²) in [6.45, 7) is 0. The van der Waals surface area contributed by atoms with E-state index in [2.05, 4.69) is 15.3 Å². The number of carbonyl (C=O) groups excluding carboxylic acids is 2. The molecule has 4 aromatic rings. The molecule has 0 bridgehead atoms. The number of anilines is 1. The van der Waals surface area contributed by atoms with E-state index in [4.69, 9.17) is 15.2 Å². The van der Waals surface area contributed by atoms with Gasteiger partial charge in [0.2, 0.25) is 11.8 Å². The van der Waals surface area contributed by atoms with Crippen LogP contribution in [0.25, 0.3) is 0 Å². The smallest absolute Gasteiger partial charge is 0.255 e. The molecule has 3 N–H and O–H groups in total. The molecule has 1 heterocycles. The first-order chi connectivity index (χ1) is 15.6. The van der Waals surface area contributed by atoms with Crippen LogP contribution in [-0.2, 0) is 0 Å². The highest BCUT2D eigenvalue weighted by Gasteiger charge is 2.08. The van der Waals surface area contributed by atoms with Gasteiger partial charge in [0.15, 0.2) is 0 Å². The van der Waals surface area contributed by atoms with Crippen molar-refractivity contribution in [1.29, 1.82) is 0 Å². The molecule has 0 spiro atoms. The van der Waals surface area contributed by atoms with E-state index in [0.717, 1.165) is 0 Å². The summed E-state index contributed by atoms with van der Waals surface area (Å²) in [4.78, 5) is 31.7. The number of rotatable bonds is 7. The molecule has 158 valence electrons. The highest BCUT2D eigenvalue weighted by Crippen LogP contribution is 2.24. The van der Waals surface area contributed by atoms with E-state index in [-0.39, 0.29) is 5.91 Å². The predicted molar refractivity (Wildman–Crippen MR) is 118 cm³/mol. The van der Waals surface area contributed by atoms with Gasteiger partial charge in [0, 0.05) is 35.3 Å². The number of benzene rings is 3. The summed E-state index contributed by atoms with van der Waals surface area (Å²) >= 11 is 0. The summed E-state index contributed by atoms with van der Waals surface area (Å²) in [6, 6.07) is 20.1. The summed E-state index contributed by atoms with van der Waals surface area (Å²) in [5.41, 5.74) is 6.66. The fraction of sp³-hybridized carbons (Fsp3) is 0. The van der Waals surface area contributed by atoms with Gasteiger partial charge in [0.25, 0.3) is 5.91 Å². The minimum Gasteiger partial charge on any atom is -0.457 e. The van der Waals surface area contributed by atoms with Crippen molar-refractivity contribution in [3.63, 3.8) is 0 Å². The Kier molecular flexibility index (Phi) is 6.03. The molecule has 0 aliphatic carbocycles. The van der Waals surface area contributed by atoms with Crippen LogP contribution in [0.4, 0.5) is 5.69 Å². The van der Waals surface area contributed by atoms with Crippen molar-refractivity contribution in [2.24, 2.45) is 5.73 Å². The van der Waals surface area contributed by atoms with Crippen LogP contribution in [0.15, 0.2) is 91.4 Å². The molecule has 8 heteroatoms. The van der Waals surface area contributed by atoms with Crippen LogP contribution in [-0.4, -0.2) is 21.8 Å². The molecule has 8 nitrogen and oxygen atoms in total. The molecule has 2 amide bonds. The lowest BCUT2D eigenvalue weighted by molar-refractivity contribution is 0.0997. The minimum atomic E-state index is -0.502. The molecule has 0 aliphatic rings. The van der Waals surface area contributed by atoms with E-state index >= 15 is 0 Å². The number of aromatic nitrogens is 2. The highest BCUT2D eigenvalue weighted by atomic mass is 16.5. The fourth-order valence-corrected chi connectivity index (χ4v) is 2.80. The van der Waals surface area contributed by atoms with Gasteiger partial charge in [-0.25, -0.2) is 4.98 Å². The molecule has 1 aromatic heterocycles. The van der Waals surface area contributed by atoms with Crippen molar-refractivity contribution in [3.8, 4) is 23.1 Å². The number of hydrogen-bond donors (Lipinski definition) is 2. The zero-order chi connectivity index (χ0) is 22.3. The van der Waals surface area contributed by atoms with Crippen LogP contribution in [0.3, 0.4) is 0 Å². The van der Waals surface area contributed by atoms with Gasteiger partial charge in [-0.3, -0.25) is 14.6 Å². The highest BCUT2D eigenvalue weighted by molar-refractivity contribution is 6.04. The van der Waals surface area contributed by atoms with Gasteiger partial charge in [-0.2, -0.15) is 0 Å². The van der Waals surface area contributed by atoms with Gasteiger partial charge in [-0.05, 0) is 60.7 Å². The number of nitrogens with two attached hydrogens (primary N) is 1. The normalized spacial score (nSPS) is 10.2. The van der Waals surface area contributed by atoms with Crippen LogP contribution in [0.2, 0.25) is 0 Å². The number of ether oxygens (including phenoxy) is 2. The standard InChI is InChI=1S/C24H18N4O4/c25-23(29)16-4-8-19(9-5-16)31-20-10-6-17(7-11-20)24(30)28-18-2-1-3-21(14-18)32-22-15-26-12-13-27-22/h1-15H,(H2,25,29)(H,28,30). The van der Waals surface area contributed by atoms with E-state index in [0.29, 0.717) is 39.9 Å². The summed E-state index contributed by atoms with van der Waals surface area (Å²) < 4.78 is 11.4. The van der Waals surface area contributed by atoms with E-state index in [1.807, 2.05) is 0 Å². The maximum atomic E-state index is 12.6. The van der Waals surface area contributed by atoms with Crippen molar-refractivity contribution in [1.82, 2.24) is 9.97 Å². The van der Waals surface area contributed by atoms with E-state index < -0.39 is 5.91 Å². The second-order valence-corrected chi connectivity index (χ2v) is 6.64. The third-order valence-corrected chi connectivity index (χ3v) is 4.34.